The van der Waals surface area contributed by atoms with E-state index < -0.39 is 17.9 Å². The number of alkyl halides is 4. The number of nitrogens with zero attached hydrogens (tertiary/aromatic N) is 3. The van der Waals surface area contributed by atoms with Crippen molar-refractivity contribution in [2.75, 3.05) is 38.1 Å². The first-order valence-corrected chi connectivity index (χ1v) is 10.6. The van der Waals surface area contributed by atoms with Crippen molar-refractivity contribution in [2.24, 2.45) is 0 Å². The normalized spacial score (nSPS) is 20.7. The molecule has 0 radical (unpaired) electrons. The SMILES string of the molecule is CC(=O)N1CCC(C)(N(C)Cc2ccc(C(F)(F)F)c(N3CCC(F)CC3)c2)CC1. The molecule has 1 aromatic carbocycles. The van der Waals surface area contributed by atoms with Crippen LogP contribution in [-0.2, 0) is 17.5 Å². The Morgan fingerprint density at radius 3 is 2.30 bits per heavy atom. The molecule has 0 spiro atoms. The van der Waals surface area contributed by atoms with Gasteiger partial charge in [0.15, 0.2) is 0 Å². The monoisotopic (exact) mass is 429 g/mol. The largest absolute Gasteiger partial charge is 0.418 e. The molecule has 2 fully saturated rings. The topological polar surface area (TPSA) is 26.8 Å². The Bertz CT molecular complexity index is 751. The zero-order valence-corrected chi connectivity index (χ0v) is 17.9. The maximum Gasteiger partial charge on any atom is 0.418 e. The number of rotatable bonds is 4. The van der Waals surface area contributed by atoms with Gasteiger partial charge in [-0.15, -0.1) is 0 Å². The molecule has 2 aliphatic heterocycles. The molecule has 0 aliphatic carbocycles. The van der Waals surface area contributed by atoms with Gasteiger partial charge in [-0.1, -0.05) is 6.07 Å². The highest BCUT2D eigenvalue weighted by Crippen LogP contribution is 2.39. The predicted molar refractivity (Wildman–Crippen MR) is 109 cm³/mol. The smallest absolute Gasteiger partial charge is 0.371 e. The molecule has 0 bridgehead atoms. The molecule has 30 heavy (non-hydrogen) atoms. The van der Waals surface area contributed by atoms with Crippen molar-refractivity contribution in [3.8, 4) is 0 Å². The van der Waals surface area contributed by atoms with E-state index in [-0.39, 0.29) is 30.0 Å². The number of benzene rings is 1. The van der Waals surface area contributed by atoms with Crippen LogP contribution in [0.25, 0.3) is 0 Å². The molecule has 0 unspecified atom stereocenters. The van der Waals surface area contributed by atoms with E-state index in [1.165, 1.54) is 0 Å². The summed E-state index contributed by atoms with van der Waals surface area (Å²) in [6.07, 6.45) is -3.23. The van der Waals surface area contributed by atoms with Gasteiger partial charge < -0.3 is 9.80 Å². The molecule has 0 aromatic heterocycles. The fraction of sp³-hybridized carbons (Fsp3) is 0.682. The van der Waals surface area contributed by atoms with Gasteiger partial charge in [-0.05, 0) is 57.4 Å². The maximum absolute atomic E-state index is 13.6. The van der Waals surface area contributed by atoms with E-state index in [0.29, 0.717) is 32.7 Å². The summed E-state index contributed by atoms with van der Waals surface area (Å²) in [4.78, 5) is 17.3. The van der Waals surface area contributed by atoms with Crippen molar-refractivity contribution < 1.29 is 22.4 Å². The molecule has 2 saturated heterocycles. The molecule has 1 amide bonds. The van der Waals surface area contributed by atoms with Crippen molar-refractivity contribution in [3.05, 3.63) is 29.3 Å². The number of carbonyl (C=O) groups excluding carboxylic acids is 1. The summed E-state index contributed by atoms with van der Waals surface area (Å²) in [5.41, 5.74) is 0.170. The molecule has 0 N–H and O–H groups in total. The molecule has 4 nitrogen and oxygen atoms in total. The van der Waals surface area contributed by atoms with Crippen LogP contribution >= 0.6 is 0 Å². The number of hydrogen-bond donors (Lipinski definition) is 0. The third-order valence-electron chi connectivity index (χ3n) is 6.76. The molecule has 2 heterocycles. The maximum atomic E-state index is 13.6. The highest BCUT2D eigenvalue weighted by Gasteiger charge is 2.37. The standard InChI is InChI=1S/C22H31F4N3O/c1-16(30)28-12-8-21(2,9-13-28)27(3)15-17-4-5-19(22(24,25)26)20(14-17)29-10-6-18(23)7-11-29/h4-5,14,18H,6-13,15H2,1-3H3. The van der Waals surface area contributed by atoms with Gasteiger partial charge >= 0.3 is 6.18 Å². The summed E-state index contributed by atoms with van der Waals surface area (Å²) in [6, 6.07) is 4.31. The Hall–Kier alpha value is -1.83. The fourth-order valence-electron chi connectivity index (χ4n) is 4.42. The molecule has 8 heteroatoms. The van der Waals surface area contributed by atoms with Crippen LogP contribution in [0, 0.1) is 0 Å². The summed E-state index contributed by atoms with van der Waals surface area (Å²) in [7, 11) is 1.98. The lowest BCUT2D eigenvalue weighted by atomic mass is 9.87. The molecule has 1 aromatic rings. The van der Waals surface area contributed by atoms with Gasteiger partial charge in [0.25, 0.3) is 0 Å². The van der Waals surface area contributed by atoms with Crippen molar-refractivity contribution >= 4 is 11.6 Å². The lowest BCUT2D eigenvalue weighted by Gasteiger charge is -2.45. The minimum atomic E-state index is -4.45. The molecule has 168 valence electrons. The first kappa shape index (κ1) is 22.8. The second kappa shape index (κ2) is 8.73. The van der Waals surface area contributed by atoms with Crippen LogP contribution in [0.15, 0.2) is 18.2 Å². The molecule has 0 atom stereocenters. The van der Waals surface area contributed by atoms with Gasteiger partial charge in [0.2, 0.25) is 5.91 Å². The minimum Gasteiger partial charge on any atom is -0.371 e. The second-order valence-corrected chi connectivity index (χ2v) is 8.87. The summed E-state index contributed by atoms with van der Waals surface area (Å²) in [5.74, 6) is 0.0733. The zero-order valence-electron chi connectivity index (χ0n) is 17.9. The third kappa shape index (κ3) is 5.07. The number of hydrogen-bond acceptors (Lipinski definition) is 3. The van der Waals surface area contributed by atoms with Crippen LogP contribution in [0.4, 0.5) is 23.2 Å². The van der Waals surface area contributed by atoms with E-state index in [1.807, 2.05) is 11.9 Å². The first-order valence-electron chi connectivity index (χ1n) is 10.6. The van der Waals surface area contributed by atoms with Crippen LogP contribution in [0.3, 0.4) is 0 Å². The van der Waals surface area contributed by atoms with Crippen LogP contribution in [0.2, 0.25) is 0 Å². The number of likely N-dealkylation sites (tertiary alicyclic amines) is 1. The van der Waals surface area contributed by atoms with E-state index in [1.54, 1.807) is 24.0 Å². The van der Waals surface area contributed by atoms with Gasteiger partial charge in [0.05, 0.1) is 5.56 Å². The average Bonchev–Trinajstić information content (AvgIpc) is 2.68. The van der Waals surface area contributed by atoms with E-state index in [4.69, 9.17) is 0 Å². The fourth-order valence-corrected chi connectivity index (χ4v) is 4.42. The van der Waals surface area contributed by atoms with Crippen molar-refractivity contribution in [1.82, 2.24) is 9.80 Å². The van der Waals surface area contributed by atoms with Crippen LogP contribution in [0.1, 0.15) is 50.7 Å². The van der Waals surface area contributed by atoms with E-state index in [9.17, 15) is 22.4 Å². The second-order valence-electron chi connectivity index (χ2n) is 8.87. The van der Waals surface area contributed by atoms with E-state index >= 15 is 0 Å². The summed E-state index contributed by atoms with van der Waals surface area (Å²) in [6.45, 7) is 6.19. The number of anilines is 1. The Morgan fingerprint density at radius 1 is 1.17 bits per heavy atom. The minimum absolute atomic E-state index is 0.0733. The third-order valence-corrected chi connectivity index (χ3v) is 6.76. The number of halogens is 4. The number of carbonyl (C=O) groups is 1. The number of piperidine rings is 2. The molecule has 0 saturated carbocycles. The van der Waals surface area contributed by atoms with Crippen LogP contribution < -0.4 is 4.90 Å². The lowest BCUT2D eigenvalue weighted by Crippen LogP contribution is -2.52. The zero-order chi connectivity index (χ0) is 22.1. The Kier molecular flexibility index (Phi) is 6.65. The molecular weight excluding hydrogens is 398 g/mol. The van der Waals surface area contributed by atoms with Crippen molar-refractivity contribution in [2.45, 2.75) is 64.0 Å². The highest BCUT2D eigenvalue weighted by molar-refractivity contribution is 5.73. The van der Waals surface area contributed by atoms with Gasteiger partial charge in [-0.25, -0.2) is 4.39 Å². The van der Waals surface area contributed by atoms with E-state index in [2.05, 4.69) is 11.8 Å². The van der Waals surface area contributed by atoms with Gasteiger partial charge in [0.1, 0.15) is 6.17 Å². The van der Waals surface area contributed by atoms with Crippen molar-refractivity contribution in [3.63, 3.8) is 0 Å². The van der Waals surface area contributed by atoms with Gasteiger partial charge in [-0.3, -0.25) is 9.69 Å². The van der Waals surface area contributed by atoms with E-state index in [0.717, 1.165) is 24.5 Å². The molecule has 2 aliphatic rings. The van der Waals surface area contributed by atoms with Crippen LogP contribution in [-0.4, -0.2) is 60.6 Å². The summed E-state index contributed by atoms with van der Waals surface area (Å²) in [5, 5.41) is 0. The van der Waals surface area contributed by atoms with Gasteiger partial charge in [0, 0.05) is 50.9 Å². The average molecular weight is 430 g/mol. The quantitative estimate of drug-likeness (QED) is 0.661. The predicted octanol–water partition coefficient (Wildman–Crippen LogP) is 4.48. The highest BCUT2D eigenvalue weighted by atomic mass is 19.4. The molecule has 3 rings (SSSR count). The van der Waals surface area contributed by atoms with Crippen LogP contribution in [0.5, 0.6) is 0 Å². The van der Waals surface area contributed by atoms with Gasteiger partial charge in [-0.2, -0.15) is 13.2 Å². The Morgan fingerprint density at radius 2 is 1.77 bits per heavy atom. The molecular formula is C22H31F4N3O. The Balaban J connectivity index is 1.77. The summed E-state index contributed by atoms with van der Waals surface area (Å²) >= 11 is 0. The first-order chi connectivity index (χ1) is 14.0. The van der Waals surface area contributed by atoms with Crippen molar-refractivity contribution in [1.29, 1.82) is 0 Å². The summed E-state index contributed by atoms with van der Waals surface area (Å²) < 4.78 is 54.3. The number of amides is 1. The Labute approximate surface area is 175 Å². The lowest BCUT2D eigenvalue weighted by molar-refractivity contribution is -0.137.